The maximum absolute atomic E-state index is 12.3. The third-order valence-corrected chi connectivity index (χ3v) is 6.10. The minimum Gasteiger partial charge on any atom is -0.457 e. The van der Waals surface area contributed by atoms with Gasteiger partial charge in [0.25, 0.3) is 0 Å². The summed E-state index contributed by atoms with van der Waals surface area (Å²) >= 11 is 0. The number of carbonyl (C=O) groups is 1. The van der Waals surface area contributed by atoms with Crippen molar-refractivity contribution in [1.29, 1.82) is 0 Å². The molecule has 8 nitrogen and oxygen atoms in total. The lowest BCUT2D eigenvalue weighted by Gasteiger charge is -2.31. The topological polar surface area (TPSA) is 105 Å². The Morgan fingerprint density at radius 1 is 1.06 bits per heavy atom. The number of benzene rings is 2. The first-order chi connectivity index (χ1) is 17.5. The first kappa shape index (κ1) is 25.2. The Hall–Kier alpha value is -3.91. The lowest BCUT2D eigenvalue weighted by molar-refractivity contribution is -0.117. The van der Waals surface area contributed by atoms with E-state index in [9.17, 15) is 4.79 Å². The van der Waals surface area contributed by atoms with Gasteiger partial charge in [-0.15, -0.1) is 0 Å². The van der Waals surface area contributed by atoms with Gasteiger partial charge >= 0.3 is 0 Å². The van der Waals surface area contributed by atoms with E-state index in [2.05, 4.69) is 20.6 Å². The molecule has 0 unspecified atom stereocenters. The van der Waals surface area contributed by atoms with Crippen LogP contribution in [0.4, 0.5) is 11.6 Å². The van der Waals surface area contributed by atoms with E-state index >= 15 is 0 Å². The second-order valence-corrected chi connectivity index (χ2v) is 9.30. The number of amides is 1. The molecule has 0 aliphatic heterocycles. The summed E-state index contributed by atoms with van der Waals surface area (Å²) in [7, 11) is 3.95. The molecule has 2 aromatic carbocycles. The van der Waals surface area contributed by atoms with E-state index in [0.717, 1.165) is 54.9 Å². The first-order valence-electron chi connectivity index (χ1n) is 12.3. The minimum absolute atomic E-state index is 0.0488. The third kappa shape index (κ3) is 7.05. The summed E-state index contributed by atoms with van der Waals surface area (Å²) in [6.07, 6.45) is 8.77. The van der Waals surface area contributed by atoms with E-state index in [1.165, 1.54) is 6.33 Å². The average Bonchev–Trinajstić information content (AvgIpc) is 2.86. The second-order valence-electron chi connectivity index (χ2n) is 9.30. The van der Waals surface area contributed by atoms with Crippen LogP contribution in [0.25, 0.3) is 11.1 Å². The molecule has 4 rings (SSSR count). The van der Waals surface area contributed by atoms with Crippen LogP contribution >= 0.6 is 0 Å². The van der Waals surface area contributed by atoms with Crippen LogP contribution < -0.4 is 21.1 Å². The fourth-order valence-corrected chi connectivity index (χ4v) is 4.37. The number of nitrogens with two attached hydrogens (primary N) is 1. The predicted octanol–water partition coefficient (Wildman–Crippen LogP) is 4.48. The average molecular weight is 487 g/mol. The summed E-state index contributed by atoms with van der Waals surface area (Å²) in [5.74, 6) is 2.58. The van der Waals surface area contributed by atoms with Crippen LogP contribution in [0.1, 0.15) is 25.7 Å². The summed E-state index contributed by atoms with van der Waals surface area (Å²) in [6.45, 7) is 0.736. The van der Waals surface area contributed by atoms with E-state index in [0.29, 0.717) is 11.6 Å². The molecule has 1 heterocycles. The van der Waals surface area contributed by atoms with Crippen molar-refractivity contribution in [1.82, 2.24) is 20.2 Å². The first-order valence-corrected chi connectivity index (χ1v) is 12.3. The Morgan fingerprint density at radius 3 is 2.53 bits per heavy atom. The van der Waals surface area contributed by atoms with E-state index in [-0.39, 0.29) is 18.0 Å². The lowest BCUT2D eigenvalue weighted by Crippen LogP contribution is -2.41. The number of para-hydroxylation sites is 1. The molecule has 0 bridgehead atoms. The van der Waals surface area contributed by atoms with Crippen molar-refractivity contribution >= 4 is 17.5 Å². The van der Waals surface area contributed by atoms with E-state index < -0.39 is 0 Å². The van der Waals surface area contributed by atoms with Gasteiger partial charge in [-0.1, -0.05) is 36.4 Å². The van der Waals surface area contributed by atoms with Crippen LogP contribution in [0, 0.1) is 0 Å². The molecule has 4 N–H and O–H groups in total. The van der Waals surface area contributed by atoms with Crippen LogP contribution in [0.15, 0.2) is 73.1 Å². The summed E-state index contributed by atoms with van der Waals surface area (Å²) in [5.41, 5.74) is 7.96. The highest BCUT2D eigenvalue weighted by Crippen LogP contribution is 2.34. The number of rotatable bonds is 9. The molecule has 1 aliphatic rings. The number of anilines is 2. The maximum Gasteiger partial charge on any atom is 0.243 e. The van der Waals surface area contributed by atoms with Crippen LogP contribution in [-0.4, -0.2) is 53.5 Å². The predicted molar refractivity (Wildman–Crippen MR) is 144 cm³/mol. The molecule has 8 heteroatoms. The molecule has 1 amide bonds. The highest BCUT2D eigenvalue weighted by atomic mass is 16.5. The van der Waals surface area contributed by atoms with Gasteiger partial charge in [-0.3, -0.25) is 4.79 Å². The van der Waals surface area contributed by atoms with E-state index in [1.807, 2.05) is 79.7 Å². The number of ether oxygens (including phenoxy) is 1. The molecule has 36 heavy (non-hydrogen) atoms. The van der Waals surface area contributed by atoms with Gasteiger partial charge in [-0.25, -0.2) is 9.97 Å². The smallest absolute Gasteiger partial charge is 0.243 e. The number of carbonyl (C=O) groups excluding carboxylic acids is 1. The minimum atomic E-state index is -0.0488. The number of nitrogens with zero attached hydrogens (tertiary/aromatic N) is 3. The zero-order valence-electron chi connectivity index (χ0n) is 20.9. The van der Waals surface area contributed by atoms with Gasteiger partial charge in [0.1, 0.15) is 29.5 Å². The summed E-state index contributed by atoms with van der Waals surface area (Å²) in [4.78, 5) is 23.0. The van der Waals surface area contributed by atoms with Gasteiger partial charge in [0.05, 0.1) is 5.56 Å². The van der Waals surface area contributed by atoms with Gasteiger partial charge in [-0.05, 0) is 69.6 Å². The largest absolute Gasteiger partial charge is 0.457 e. The summed E-state index contributed by atoms with van der Waals surface area (Å²) in [5, 5.41) is 6.70. The maximum atomic E-state index is 12.3. The van der Waals surface area contributed by atoms with Gasteiger partial charge in [0, 0.05) is 24.7 Å². The fraction of sp³-hybridized carbons (Fsp3) is 0.321. The Labute approximate surface area is 212 Å². The molecule has 1 fully saturated rings. The van der Waals surface area contributed by atoms with Gasteiger partial charge in [-0.2, -0.15) is 0 Å². The highest BCUT2D eigenvalue weighted by Gasteiger charge is 2.24. The standard InChI is InChI=1S/C28H34N6O2/c1-34(2)17-7-12-25(35)32-21-8-6-9-22(18-21)33-28-26(27(29)30-19-31-28)20-13-15-24(16-14-20)36-23-10-4-3-5-11-23/h3-5,7,10-16,19,21-22H,6,8-9,17-18H2,1-2H3,(H,32,35)(H3,29,30,31,33)/b12-7+/t21-,22+/m0/s1. The van der Waals surface area contributed by atoms with Crippen molar-refractivity contribution in [3.8, 4) is 22.6 Å². The third-order valence-electron chi connectivity index (χ3n) is 6.10. The zero-order chi connectivity index (χ0) is 25.3. The Morgan fingerprint density at radius 2 is 1.78 bits per heavy atom. The van der Waals surface area contributed by atoms with Crippen LogP contribution in [0.3, 0.4) is 0 Å². The zero-order valence-corrected chi connectivity index (χ0v) is 20.9. The number of aromatic nitrogens is 2. The highest BCUT2D eigenvalue weighted by molar-refractivity contribution is 5.87. The molecule has 0 spiro atoms. The lowest BCUT2D eigenvalue weighted by atomic mass is 9.90. The Bertz CT molecular complexity index is 1160. The van der Waals surface area contributed by atoms with Crippen molar-refractivity contribution in [2.24, 2.45) is 0 Å². The van der Waals surface area contributed by atoms with Crippen molar-refractivity contribution < 1.29 is 9.53 Å². The van der Waals surface area contributed by atoms with Gasteiger partial charge < -0.3 is 26.0 Å². The van der Waals surface area contributed by atoms with E-state index in [1.54, 1.807) is 6.08 Å². The number of nitrogen functional groups attached to an aromatic ring is 1. The van der Waals surface area contributed by atoms with Crippen LogP contribution in [-0.2, 0) is 4.79 Å². The molecule has 1 saturated carbocycles. The van der Waals surface area contributed by atoms with Crippen LogP contribution in [0.5, 0.6) is 11.5 Å². The SMILES string of the molecule is CN(C)C/C=C/C(=O)N[C@H]1CCC[C@@H](Nc2ncnc(N)c2-c2ccc(Oc3ccccc3)cc2)C1. The van der Waals surface area contributed by atoms with E-state index in [4.69, 9.17) is 10.5 Å². The van der Waals surface area contributed by atoms with Gasteiger partial charge in [0.2, 0.25) is 5.91 Å². The molecule has 1 aliphatic carbocycles. The molecular formula is C28H34N6O2. The molecule has 0 radical (unpaired) electrons. The summed E-state index contributed by atoms with van der Waals surface area (Å²) < 4.78 is 5.91. The molecule has 3 aromatic rings. The second kappa shape index (κ2) is 12.2. The molecule has 0 saturated heterocycles. The quantitative estimate of drug-likeness (QED) is 0.383. The molecule has 188 valence electrons. The number of likely N-dealkylation sites (N-methyl/N-ethyl adjacent to an activating group) is 1. The summed E-state index contributed by atoms with van der Waals surface area (Å²) in [6, 6.07) is 17.7. The monoisotopic (exact) mass is 486 g/mol. The van der Waals surface area contributed by atoms with Crippen LogP contribution in [0.2, 0.25) is 0 Å². The number of hydrogen-bond acceptors (Lipinski definition) is 7. The van der Waals surface area contributed by atoms with Gasteiger partial charge in [0.15, 0.2) is 0 Å². The van der Waals surface area contributed by atoms with Crippen molar-refractivity contribution in [2.45, 2.75) is 37.8 Å². The Balaban J connectivity index is 1.42. The van der Waals surface area contributed by atoms with Crippen molar-refractivity contribution in [3.05, 3.63) is 73.1 Å². The van der Waals surface area contributed by atoms with Crippen molar-refractivity contribution in [2.75, 3.05) is 31.7 Å². The number of nitrogens with one attached hydrogen (secondary N) is 2. The fourth-order valence-electron chi connectivity index (χ4n) is 4.37. The Kier molecular flexibility index (Phi) is 8.52. The molecule has 2 atom stereocenters. The van der Waals surface area contributed by atoms with Crippen molar-refractivity contribution in [3.63, 3.8) is 0 Å². The molecule has 1 aromatic heterocycles. The molecular weight excluding hydrogens is 452 g/mol. The normalized spacial score (nSPS) is 17.8. The number of hydrogen-bond donors (Lipinski definition) is 3.